The molecule has 4 aromatic heterocycles. The summed E-state index contributed by atoms with van der Waals surface area (Å²) in [4.78, 5) is 36.7. The molecule has 8 heteroatoms. The Morgan fingerprint density at radius 1 is 1.00 bits per heavy atom. The van der Waals surface area contributed by atoms with Gasteiger partial charge in [-0.05, 0) is 119 Å². The molecule has 6 heterocycles. The van der Waals surface area contributed by atoms with Crippen molar-refractivity contribution in [2.24, 2.45) is 0 Å². The van der Waals surface area contributed by atoms with Crippen LogP contribution in [-0.4, -0.2) is 60.9 Å². The lowest BCUT2D eigenvalue weighted by atomic mass is 9.82. The molecule has 7 rings (SSSR count). The van der Waals surface area contributed by atoms with Gasteiger partial charge in [0.25, 0.3) is 0 Å². The Bertz CT molecular complexity index is 1810. The van der Waals surface area contributed by atoms with Crippen LogP contribution in [0.4, 0.5) is 0 Å². The minimum atomic E-state index is -0.647. The average molecular weight is 590 g/mol. The molecule has 3 N–H and O–H groups in total. The van der Waals surface area contributed by atoms with E-state index in [0.29, 0.717) is 12.1 Å². The van der Waals surface area contributed by atoms with E-state index in [1.165, 1.54) is 27.8 Å². The van der Waals surface area contributed by atoms with E-state index < -0.39 is 5.41 Å². The van der Waals surface area contributed by atoms with Crippen LogP contribution in [0, 0.1) is 13.8 Å². The molecule has 44 heavy (non-hydrogen) atoms. The monoisotopic (exact) mass is 589 g/mol. The van der Waals surface area contributed by atoms with Gasteiger partial charge in [0.2, 0.25) is 5.91 Å². The lowest BCUT2D eigenvalue weighted by molar-refractivity contribution is -0.137. The second kappa shape index (κ2) is 11.1. The van der Waals surface area contributed by atoms with Gasteiger partial charge < -0.3 is 20.2 Å². The van der Waals surface area contributed by atoms with E-state index in [0.717, 1.165) is 78.6 Å². The molecule has 2 aliphatic heterocycles. The average Bonchev–Trinajstić information content (AvgIpc) is 3.80. The number of hydrogen-bond donors (Lipinski definition) is 3. The zero-order valence-corrected chi connectivity index (χ0v) is 26.5. The van der Waals surface area contributed by atoms with Gasteiger partial charge in [0.15, 0.2) is 5.65 Å². The minimum absolute atomic E-state index is 0.207. The number of benzene rings is 1. The van der Waals surface area contributed by atoms with Crippen LogP contribution in [0.3, 0.4) is 0 Å². The van der Waals surface area contributed by atoms with Crippen LogP contribution in [0.5, 0.6) is 0 Å². The molecular formula is C36H43N7O. The van der Waals surface area contributed by atoms with Crippen molar-refractivity contribution in [1.29, 1.82) is 0 Å². The number of nitrogens with one attached hydrogen (secondary N) is 3. The fraction of sp³-hybridized carbons (Fsp3) is 0.444. The summed E-state index contributed by atoms with van der Waals surface area (Å²) < 4.78 is 0. The number of carbonyl (C=O) groups excluding carboxylic acids is 1. The molecule has 1 aromatic carbocycles. The Hall–Kier alpha value is -4.04. The predicted molar refractivity (Wildman–Crippen MR) is 176 cm³/mol. The number of nitrogens with zero attached hydrogens (tertiary/aromatic N) is 4. The normalized spacial score (nSPS) is 19.0. The smallest absolute Gasteiger partial charge is 0.233 e. The number of aryl methyl sites for hydroxylation is 2. The molecule has 1 atom stereocenters. The highest BCUT2D eigenvalue weighted by Gasteiger charge is 2.47. The Balaban J connectivity index is 1.19. The van der Waals surface area contributed by atoms with E-state index in [1.807, 2.05) is 12.4 Å². The summed E-state index contributed by atoms with van der Waals surface area (Å²) in [5, 5.41) is 4.80. The summed E-state index contributed by atoms with van der Waals surface area (Å²) in [7, 11) is 0. The van der Waals surface area contributed by atoms with E-state index in [1.54, 1.807) is 6.33 Å². The summed E-state index contributed by atoms with van der Waals surface area (Å²) >= 11 is 0. The summed E-state index contributed by atoms with van der Waals surface area (Å²) in [5.41, 5.74) is 10.1. The largest absolute Gasteiger partial charge is 0.343 e. The van der Waals surface area contributed by atoms with Crippen molar-refractivity contribution in [3.05, 3.63) is 76.9 Å². The number of aromatic amines is 2. The van der Waals surface area contributed by atoms with Crippen molar-refractivity contribution < 1.29 is 4.79 Å². The molecular weight excluding hydrogens is 546 g/mol. The topological polar surface area (TPSA) is 103 Å². The first-order valence-corrected chi connectivity index (χ1v) is 16.1. The van der Waals surface area contributed by atoms with Crippen LogP contribution < -0.4 is 5.32 Å². The number of H-pyrrole nitrogens is 2. The number of pyridine rings is 2. The third-order valence-electron chi connectivity index (χ3n) is 10.0. The van der Waals surface area contributed by atoms with Gasteiger partial charge in [0.1, 0.15) is 5.65 Å². The van der Waals surface area contributed by atoms with Crippen molar-refractivity contribution in [3.8, 4) is 11.3 Å². The highest BCUT2D eigenvalue weighted by atomic mass is 16.2. The molecule has 2 fully saturated rings. The molecule has 0 spiro atoms. The maximum atomic E-state index is 14.0. The van der Waals surface area contributed by atoms with Crippen LogP contribution >= 0.6 is 0 Å². The highest BCUT2D eigenvalue weighted by Crippen LogP contribution is 2.42. The van der Waals surface area contributed by atoms with Gasteiger partial charge in [0, 0.05) is 36.4 Å². The van der Waals surface area contributed by atoms with Crippen molar-refractivity contribution >= 4 is 28.1 Å². The number of rotatable bonds is 9. The molecule has 2 aliphatic rings. The molecule has 2 saturated heterocycles. The molecule has 228 valence electrons. The van der Waals surface area contributed by atoms with Crippen LogP contribution in [0.25, 0.3) is 33.5 Å². The lowest BCUT2D eigenvalue weighted by Crippen LogP contribution is -2.46. The van der Waals surface area contributed by atoms with Crippen molar-refractivity contribution in [3.63, 3.8) is 0 Å². The number of carbonyl (C=O) groups is 1. The second-order valence-electron chi connectivity index (χ2n) is 13.7. The third-order valence-corrected chi connectivity index (χ3v) is 10.0. The zero-order valence-electron chi connectivity index (χ0n) is 26.5. The second-order valence-corrected chi connectivity index (χ2v) is 13.7. The van der Waals surface area contributed by atoms with E-state index in [4.69, 9.17) is 4.98 Å². The van der Waals surface area contributed by atoms with Gasteiger partial charge in [-0.2, -0.15) is 0 Å². The Morgan fingerprint density at radius 2 is 1.73 bits per heavy atom. The van der Waals surface area contributed by atoms with E-state index in [2.05, 4.69) is 95.1 Å². The molecule has 8 nitrogen and oxygen atoms in total. The molecule has 5 aromatic rings. The Kier molecular flexibility index (Phi) is 7.28. The van der Waals surface area contributed by atoms with Gasteiger partial charge in [-0.1, -0.05) is 24.1 Å². The number of aromatic nitrogens is 5. The summed E-state index contributed by atoms with van der Waals surface area (Å²) in [6.45, 7) is 12.4. The van der Waals surface area contributed by atoms with Gasteiger partial charge >= 0.3 is 0 Å². The van der Waals surface area contributed by atoms with Crippen LogP contribution in [0.2, 0.25) is 0 Å². The fourth-order valence-electron chi connectivity index (χ4n) is 7.64. The summed E-state index contributed by atoms with van der Waals surface area (Å²) in [6.07, 6.45) is 11.0. The quantitative estimate of drug-likeness (QED) is 0.171. The molecule has 0 aliphatic carbocycles. The zero-order chi connectivity index (χ0) is 30.6. The van der Waals surface area contributed by atoms with Gasteiger partial charge in [0.05, 0.1) is 23.0 Å². The van der Waals surface area contributed by atoms with E-state index in [9.17, 15) is 4.79 Å². The first-order chi connectivity index (χ1) is 21.2. The molecule has 2 bridgehead atoms. The van der Waals surface area contributed by atoms with Crippen molar-refractivity contribution in [2.75, 3.05) is 13.1 Å². The maximum absolute atomic E-state index is 14.0. The fourth-order valence-corrected chi connectivity index (χ4v) is 7.64. The highest BCUT2D eigenvalue weighted by molar-refractivity contribution is 5.93. The number of hydrogen-bond acceptors (Lipinski definition) is 5. The van der Waals surface area contributed by atoms with Crippen LogP contribution in [-0.2, 0) is 16.6 Å². The third kappa shape index (κ3) is 5.09. The van der Waals surface area contributed by atoms with Crippen LogP contribution in [0.15, 0.2) is 49.1 Å². The van der Waals surface area contributed by atoms with Crippen LogP contribution in [0.1, 0.15) is 80.2 Å². The maximum Gasteiger partial charge on any atom is 0.233 e. The first-order valence-electron chi connectivity index (χ1n) is 16.1. The first kappa shape index (κ1) is 28.7. The number of fused-ring (bicyclic) bond motifs is 4. The predicted octanol–water partition coefficient (Wildman–Crippen LogP) is 6.48. The van der Waals surface area contributed by atoms with E-state index in [-0.39, 0.29) is 11.8 Å². The Labute approximate surface area is 259 Å². The molecule has 1 amide bonds. The summed E-state index contributed by atoms with van der Waals surface area (Å²) in [6, 6.07) is 11.9. The van der Waals surface area contributed by atoms with Crippen molar-refractivity contribution in [1.82, 2.24) is 35.1 Å². The standard InChI is InChI=1S/C36H43N7O/c1-21-12-22(2)14-25(13-21)32-31(23(3)17-37-11-10-24-15-30-34(38-18-24)41-20-40-30)29-16-26(19-39-33(29)42-32)36(4,5)35(44)43-27-6-7-28(43)9-8-27/h12-16,18-20,23,27-28,37H,6-11,17H2,1-5H3,(H,39,42)(H,38,40,41)/t23-,27?,28?/m1/s1. The SMILES string of the molecule is Cc1cc(C)cc(-c2[nH]c3ncc(C(C)(C)C(=O)N4C5CCC4CC5)cc3c2[C@H](C)CNCCc2cnc3nc[nH]c3c2)c1. The minimum Gasteiger partial charge on any atom is -0.343 e. The number of imidazole rings is 1. The number of amides is 1. The van der Waals surface area contributed by atoms with Gasteiger partial charge in [-0.15, -0.1) is 0 Å². The molecule has 0 unspecified atom stereocenters. The molecule has 0 saturated carbocycles. The summed E-state index contributed by atoms with van der Waals surface area (Å²) in [5.74, 6) is 0.450. The van der Waals surface area contributed by atoms with E-state index >= 15 is 0 Å². The van der Waals surface area contributed by atoms with Crippen molar-refractivity contribution in [2.45, 2.75) is 90.1 Å². The Morgan fingerprint density at radius 3 is 2.45 bits per heavy atom. The van der Waals surface area contributed by atoms with Gasteiger partial charge in [-0.3, -0.25) is 4.79 Å². The lowest BCUT2D eigenvalue weighted by Gasteiger charge is -2.32. The molecule has 0 radical (unpaired) electrons. The van der Waals surface area contributed by atoms with Gasteiger partial charge in [-0.25, -0.2) is 15.0 Å².